The van der Waals surface area contributed by atoms with Crippen LogP contribution in [0.2, 0.25) is 0 Å². The Kier molecular flexibility index (Phi) is 4.14. The molecule has 1 aromatic heterocycles. The van der Waals surface area contributed by atoms with E-state index < -0.39 is 0 Å². The summed E-state index contributed by atoms with van der Waals surface area (Å²) in [5.41, 5.74) is 7.79. The molecule has 1 fully saturated rings. The lowest BCUT2D eigenvalue weighted by Gasteiger charge is -2.31. The van der Waals surface area contributed by atoms with Crippen LogP contribution in [-0.4, -0.2) is 47.6 Å². The first-order valence-corrected chi connectivity index (χ1v) is 6.69. The standard InChI is InChI=1S/C13H20N4S/c1-10-9-16(2)6-3-7-17(10)12-8-15-5-4-11(12)13(14)18/h4-5,8,10H,3,6-7,9H2,1-2H3,(H2,14,18). The highest BCUT2D eigenvalue weighted by Gasteiger charge is 2.22. The Morgan fingerprint density at radius 2 is 2.28 bits per heavy atom. The van der Waals surface area contributed by atoms with Crippen LogP contribution in [0.4, 0.5) is 5.69 Å². The SMILES string of the molecule is CC1CN(C)CCCN1c1cnccc1C(N)=S. The van der Waals surface area contributed by atoms with Gasteiger partial charge in [0, 0.05) is 30.9 Å². The summed E-state index contributed by atoms with van der Waals surface area (Å²) in [7, 11) is 2.16. The molecule has 0 bridgehead atoms. The van der Waals surface area contributed by atoms with E-state index in [4.69, 9.17) is 18.0 Å². The highest BCUT2D eigenvalue weighted by molar-refractivity contribution is 7.80. The zero-order chi connectivity index (χ0) is 13.1. The summed E-state index contributed by atoms with van der Waals surface area (Å²) < 4.78 is 0. The Hall–Kier alpha value is -1.20. The van der Waals surface area contributed by atoms with Crippen LogP contribution in [0.3, 0.4) is 0 Å². The molecule has 98 valence electrons. The average Bonchev–Trinajstić information content (AvgIpc) is 2.50. The van der Waals surface area contributed by atoms with Gasteiger partial charge in [0.05, 0.1) is 11.9 Å². The predicted molar refractivity (Wildman–Crippen MR) is 79.0 cm³/mol. The molecule has 18 heavy (non-hydrogen) atoms. The van der Waals surface area contributed by atoms with E-state index in [2.05, 4.69) is 28.8 Å². The van der Waals surface area contributed by atoms with Gasteiger partial charge in [-0.2, -0.15) is 0 Å². The Balaban J connectivity index is 2.32. The quantitative estimate of drug-likeness (QED) is 0.815. The second kappa shape index (κ2) is 5.63. The summed E-state index contributed by atoms with van der Waals surface area (Å²) in [4.78, 5) is 9.39. The fourth-order valence-corrected chi connectivity index (χ4v) is 2.73. The number of aromatic nitrogens is 1. The van der Waals surface area contributed by atoms with E-state index >= 15 is 0 Å². The number of anilines is 1. The highest BCUT2D eigenvalue weighted by atomic mass is 32.1. The first-order chi connectivity index (χ1) is 8.59. The lowest BCUT2D eigenvalue weighted by atomic mass is 10.1. The summed E-state index contributed by atoms with van der Waals surface area (Å²) in [6.07, 6.45) is 4.76. The maximum absolute atomic E-state index is 5.80. The van der Waals surface area contributed by atoms with Gasteiger partial charge >= 0.3 is 0 Å². The van der Waals surface area contributed by atoms with Crippen LogP contribution in [0.5, 0.6) is 0 Å². The average molecular weight is 264 g/mol. The van der Waals surface area contributed by atoms with Crippen molar-refractivity contribution < 1.29 is 0 Å². The van der Waals surface area contributed by atoms with E-state index in [9.17, 15) is 0 Å². The Labute approximate surface area is 114 Å². The summed E-state index contributed by atoms with van der Waals surface area (Å²) in [6, 6.07) is 2.34. The Morgan fingerprint density at radius 3 is 3.00 bits per heavy atom. The molecule has 5 heteroatoms. The molecule has 1 unspecified atom stereocenters. The molecule has 0 amide bonds. The fourth-order valence-electron chi connectivity index (χ4n) is 2.55. The molecule has 1 aromatic rings. The van der Waals surface area contributed by atoms with Crippen LogP contribution < -0.4 is 10.6 Å². The van der Waals surface area contributed by atoms with E-state index in [1.165, 1.54) is 0 Å². The van der Waals surface area contributed by atoms with E-state index in [0.717, 1.165) is 37.3 Å². The van der Waals surface area contributed by atoms with Crippen molar-refractivity contribution in [2.75, 3.05) is 31.6 Å². The van der Waals surface area contributed by atoms with E-state index in [0.29, 0.717) is 11.0 Å². The third-order valence-electron chi connectivity index (χ3n) is 3.42. The molecule has 2 heterocycles. The minimum atomic E-state index is 0.440. The predicted octanol–water partition coefficient (Wildman–Crippen LogP) is 1.25. The number of pyridine rings is 1. The van der Waals surface area contributed by atoms with Gasteiger partial charge in [0.15, 0.2) is 0 Å². The smallest absolute Gasteiger partial charge is 0.106 e. The molecule has 0 radical (unpaired) electrons. The molecule has 4 nitrogen and oxygen atoms in total. The zero-order valence-electron chi connectivity index (χ0n) is 11.0. The number of thiocarbonyl (C=S) groups is 1. The molecule has 1 atom stereocenters. The van der Waals surface area contributed by atoms with Gasteiger partial charge in [-0.3, -0.25) is 4.98 Å². The van der Waals surface area contributed by atoms with Gasteiger partial charge in [-0.05, 0) is 33.0 Å². The Bertz CT molecular complexity index is 435. The minimum Gasteiger partial charge on any atom is -0.389 e. The number of nitrogens with two attached hydrogens (primary N) is 1. The van der Waals surface area contributed by atoms with Gasteiger partial charge in [-0.15, -0.1) is 0 Å². The van der Waals surface area contributed by atoms with Crippen molar-refractivity contribution in [2.24, 2.45) is 5.73 Å². The first-order valence-electron chi connectivity index (χ1n) is 6.28. The van der Waals surface area contributed by atoms with Gasteiger partial charge in [0.1, 0.15) is 4.99 Å². The van der Waals surface area contributed by atoms with Gasteiger partial charge in [0.2, 0.25) is 0 Å². The number of likely N-dealkylation sites (N-methyl/N-ethyl adjacent to an activating group) is 1. The molecule has 1 saturated heterocycles. The lowest BCUT2D eigenvalue weighted by molar-refractivity contribution is 0.337. The van der Waals surface area contributed by atoms with E-state index in [-0.39, 0.29) is 0 Å². The van der Waals surface area contributed by atoms with Crippen LogP contribution >= 0.6 is 12.2 Å². The number of hydrogen-bond donors (Lipinski definition) is 1. The van der Waals surface area contributed by atoms with E-state index in [1.807, 2.05) is 12.3 Å². The minimum absolute atomic E-state index is 0.440. The second-order valence-corrected chi connectivity index (χ2v) is 5.36. The summed E-state index contributed by atoms with van der Waals surface area (Å²) in [6.45, 7) is 5.43. The van der Waals surface area contributed by atoms with Gasteiger partial charge < -0.3 is 15.5 Å². The molecule has 0 aromatic carbocycles. The van der Waals surface area contributed by atoms with Crippen LogP contribution in [0.25, 0.3) is 0 Å². The number of hydrogen-bond acceptors (Lipinski definition) is 4. The third kappa shape index (κ3) is 2.79. The fraction of sp³-hybridized carbons (Fsp3) is 0.538. The van der Waals surface area contributed by atoms with Crippen molar-refractivity contribution in [1.29, 1.82) is 0 Å². The van der Waals surface area contributed by atoms with Crippen molar-refractivity contribution in [3.05, 3.63) is 24.0 Å². The first kappa shape index (κ1) is 13.2. The molecule has 0 aliphatic carbocycles. The van der Waals surface area contributed by atoms with E-state index in [1.54, 1.807) is 6.20 Å². The number of nitrogens with zero attached hydrogens (tertiary/aromatic N) is 3. The molecule has 2 rings (SSSR count). The third-order valence-corrected chi connectivity index (χ3v) is 3.64. The van der Waals surface area contributed by atoms with Crippen molar-refractivity contribution in [1.82, 2.24) is 9.88 Å². The molecule has 1 aliphatic heterocycles. The monoisotopic (exact) mass is 264 g/mol. The highest BCUT2D eigenvalue weighted by Crippen LogP contribution is 2.23. The largest absolute Gasteiger partial charge is 0.389 e. The Morgan fingerprint density at radius 1 is 1.50 bits per heavy atom. The maximum atomic E-state index is 5.80. The van der Waals surface area contributed by atoms with Gasteiger partial charge in [-0.1, -0.05) is 12.2 Å². The molecular formula is C13H20N4S. The maximum Gasteiger partial charge on any atom is 0.106 e. The van der Waals surface area contributed by atoms with Crippen LogP contribution in [0.1, 0.15) is 18.9 Å². The van der Waals surface area contributed by atoms with Crippen molar-refractivity contribution in [3.63, 3.8) is 0 Å². The normalized spacial score (nSPS) is 21.7. The van der Waals surface area contributed by atoms with Crippen molar-refractivity contribution >= 4 is 22.9 Å². The second-order valence-electron chi connectivity index (χ2n) is 4.92. The molecule has 0 saturated carbocycles. The lowest BCUT2D eigenvalue weighted by Crippen LogP contribution is -2.39. The molecular weight excluding hydrogens is 244 g/mol. The molecule has 2 N–H and O–H groups in total. The summed E-state index contributed by atoms with van der Waals surface area (Å²) in [5, 5.41) is 0. The zero-order valence-corrected chi connectivity index (χ0v) is 11.8. The van der Waals surface area contributed by atoms with Gasteiger partial charge in [-0.25, -0.2) is 0 Å². The molecule has 0 spiro atoms. The van der Waals surface area contributed by atoms with Crippen molar-refractivity contribution in [3.8, 4) is 0 Å². The van der Waals surface area contributed by atoms with Crippen LogP contribution in [0.15, 0.2) is 18.5 Å². The summed E-state index contributed by atoms with van der Waals surface area (Å²) >= 11 is 5.13. The topological polar surface area (TPSA) is 45.4 Å². The van der Waals surface area contributed by atoms with Gasteiger partial charge in [0.25, 0.3) is 0 Å². The molecule has 1 aliphatic rings. The summed E-state index contributed by atoms with van der Waals surface area (Å²) in [5.74, 6) is 0. The van der Waals surface area contributed by atoms with Crippen LogP contribution in [-0.2, 0) is 0 Å². The number of rotatable bonds is 2. The van der Waals surface area contributed by atoms with Crippen molar-refractivity contribution in [2.45, 2.75) is 19.4 Å². The van der Waals surface area contributed by atoms with Crippen LogP contribution in [0, 0.1) is 0 Å².